The van der Waals surface area contributed by atoms with Crippen molar-refractivity contribution in [1.29, 1.82) is 0 Å². The first-order valence-electron chi connectivity index (χ1n) is 3.36. The number of hydrogen-bond acceptors (Lipinski definition) is 4. The van der Waals surface area contributed by atoms with Gasteiger partial charge in [-0.2, -0.15) is 8.42 Å². The average Bonchev–Trinajstić information content (AvgIpc) is 2.01. The monoisotopic (exact) mass is 225 g/mol. The lowest BCUT2D eigenvalue weighted by molar-refractivity contribution is 0.415. The van der Waals surface area contributed by atoms with Crippen LogP contribution in [0.15, 0.2) is 24.3 Å². The standard InChI is InChI=1S/C7H9NO.F2O2S/c1-9-7-4-2-3-6(8)5-7;1-5(2,3)4/h2-5H,8H2,1H3;. The molecule has 14 heavy (non-hydrogen) atoms. The Hall–Kier alpha value is -1.37. The summed E-state index contributed by atoms with van der Waals surface area (Å²) in [6.45, 7) is 0. The van der Waals surface area contributed by atoms with Crippen LogP contribution in [0.4, 0.5) is 13.5 Å². The van der Waals surface area contributed by atoms with Crippen molar-refractivity contribution in [3.8, 4) is 5.75 Å². The SMILES string of the molecule is COc1cccc(N)c1.O=S(=O)(F)F. The molecule has 7 heteroatoms. The summed E-state index contributed by atoms with van der Waals surface area (Å²) in [7, 11) is -4.05. The Morgan fingerprint density at radius 3 is 2.14 bits per heavy atom. The maximum Gasteiger partial charge on any atom is 0.476 e. The van der Waals surface area contributed by atoms with Crippen LogP contribution in [0.3, 0.4) is 0 Å². The zero-order valence-corrected chi connectivity index (χ0v) is 8.09. The fraction of sp³-hybridized carbons (Fsp3) is 0.143. The number of nitrogens with two attached hydrogens (primary N) is 1. The van der Waals surface area contributed by atoms with Gasteiger partial charge in [0.25, 0.3) is 0 Å². The maximum atomic E-state index is 9.99. The van der Waals surface area contributed by atoms with Crippen LogP contribution in [-0.4, -0.2) is 15.5 Å². The van der Waals surface area contributed by atoms with Gasteiger partial charge in [0.2, 0.25) is 0 Å². The Bertz CT molecular complexity index is 372. The minimum Gasteiger partial charge on any atom is -0.497 e. The molecule has 0 fully saturated rings. The molecule has 1 aromatic rings. The molecule has 0 atom stereocenters. The van der Waals surface area contributed by atoms with E-state index in [-0.39, 0.29) is 0 Å². The lowest BCUT2D eigenvalue weighted by Crippen LogP contribution is -1.86. The highest BCUT2D eigenvalue weighted by Gasteiger charge is 1.94. The summed E-state index contributed by atoms with van der Waals surface area (Å²) in [4.78, 5) is 0. The predicted octanol–water partition coefficient (Wildman–Crippen LogP) is 1.45. The minimum atomic E-state index is -5.67. The van der Waals surface area contributed by atoms with Gasteiger partial charge in [-0.05, 0) is 12.1 Å². The molecule has 1 rings (SSSR count). The molecule has 0 aliphatic heterocycles. The lowest BCUT2D eigenvalue weighted by Gasteiger charge is -1.97. The summed E-state index contributed by atoms with van der Waals surface area (Å²) in [5.74, 6) is 0.801. The molecule has 0 unspecified atom stereocenters. The molecule has 2 N–H and O–H groups in total. The van der Waals surface area contributed by atoms with Gasteiger partial charge in [0.1, 0.15) is 5.75 Å². The molecule has 0 aliphatic carbocycles. The zero-order chi connectivity index (χ0) is 11.2. The first kappa shape index (κ1) is 12.6. The lowest BCUT2D eigenvalue weighted by atomic mass is 10.3. The summed E-state index contributed by atoms with van der Waals surface area (Å²) in [6.07, 6.45) is 0. The smallest absolute Gasteiger partial charge is 0.476 e. The third kappa shape index (κ3) is 8.72. The van der Waals surface area contributed by atoms with Crippen LogP contribution in [0.2, 0.25) is 0 Å². The first-order chi connectivity index (χ1) is 6.33. The summed E-state index contributed by atoms with van der Waals surface area (Å²) in [5.41, 5.74) is 6.19. The van der Waals surface area contributed by atoms with Gasteiger partial charge in [0.05, 0.1) is 7.11 Å². The van der Waals surface area contributed by atoms with Gasteiger partial charge < -0.3 is 10.5 Å². The predicted molar refractivity (Wildman–Crippen MR) is 48.5 cm³/mol. The normalized spacial score (nSPS) is 9.93. The van der Waals surface area contributed by atoms with Crippen molar-refractivity contribution < 1.29 is 20.9 Å². The molecule has 0 amide bonds. The van der Waals surface area contributed by atoms with E-state index in [4.69, 9.17) is 18.9 Å². The van der Waals surface area contributed by atoms with Crippen LogP contribution in [0.5, 0.6) is 5.75 Å². The van der Waals surface area contributed by atoms with Gasteiger partial charge in [0.15, 0.2) is 0 Å². The topological polar surface area (TPSA) is 69.4 Å². The molecule has 0 aliphatic rings. The van der Waals surface area contributed by atoms with E-state index in [1.54, 1.807) is 13.2 Å². The van der Waals surface area contributed by atoms with Crippen LogP contribution < -0.4 is 10.5 Å². The average molecular weight is 225 g/mol. The molecule has 80 valence electrons. The molecular formula is C7H9F2NO3S. The Morgan fingerprint density at radius 1 is 1.36 bits per heavy atom. The maximum absolute atomic E-state index is 9.99. The zero-order valence-electron chi connectivity index (χ0n) is 7.28. The van der Waals surface area contributed by atoms with Crippen molar-refractivity contribution in [1.82, 2.24) is 0 Å². The fourth-order valence-corrected chi connectivity index (χ4v) is 0.642. The van der Waals surface area contributed by atoms with Gasteiger partial charge in [-0.25, -0.2) is 0 Å². The molecule has 4 nitrogen and oxygen atoms in total. The molecule has 0 aromatic heterocycles. The number of nitrogen functional groups attached to an aromatic ring is 1. The van der Waals surface area contributed by atoms with Crippen LogP contribution in [0.25, 0.3) is 0 Å². The molecular weight excluding hydrogens is 216 g/mol. The van der Waals surface area contributed by atoms with Crippen molar-refractivity contribution in [2.45, 2.75) is 0 Å². The number of halogens is 2. The number of hydrogen-bond donors (Lipinski definition) is 1. The Balaban J connectivity index is 0.000000292. The molecule has 0 saturated carbocycles. The summed E-state index contributed by atoms with van der Waals surface area (Å²) < 4.78 is 41.5. The molecule has 1 aromatic carbocycles. The second-order valence-corrected chi connectivity index (χ2v) is 2.91. The van der Waals surface area contributed by atoms with Crippen LogP contribution >= 0.6 is 0 Å². The number of rotatable bonds is 1. The van der Waals surface area contributed by atoms with Crippen molar-refractivity contribution in [3.63, 3.8) is 0 Å². The van der Waals surface area contributed by atoms with E-state index in [0.29, 0.717) is 0 Å². The summed E-state index contributed by atoms with van der Waals surface area (Å²) in [6, 6.07) is 7.31. The van der Waals surface area contributed by atoms with Gasteiger partial charge >= 0.3 is 10.6 Å². The van der Waals surface area contributed by atoms with Crippen molar-refractivity contribution in [2.75, 3.05) is 12.8 Å². The second kappa shape index (κ2) is 5.38. The van der Waals surface area contributed by atoms with E-state index < -0.39 is 10.6 Å². The van der Waals surface area contributed by atoms with Gasteiger partial charge in [-0.1, -0.05) is 13.8 Å². The highest BCUT2D eigenvalue weighted by Crippen LogP contribution is 2.12. The second-order valence-electron chi connectivity index (χ2n) is 2.15. The van der Waals surface area contributed by atoms with E-state index in [9.17, 15) is 7.77 Å². The van der Waals surface area contributed by atoms with Gasteiger partial charge in [-0.15, -0.1) is 0 Å². The van der Waals surface area contributed by atoms with E-state index in [0.717, 1.165) is 11.4 Å². The van der Waals surface area contributed by atoms with Gasteiger partial charge in [-0.3, -0.25) is 0 Å². The van der Waals surface area contributed by atoms with Crippen LogP contribution in [0.1, 0.15) is 0 Å². The fourth-order valence-electron chi connectivity index (χ4n) is 0.642. The van der Waals surface area contributed by atoms with Gasteiger partial charge in [0, 0.05) is 11.8 Å². The quantitative estimate of drug-likeness (QED) is 0.580. The molecule has 0 heterocycles. The van der Waals surface area contributed by atoms with E-state index in [1.165, 1.54) is 0 Å². The van der Waals surface area contributed by atoms with Crippen LogP contribution in [0, 0.1) is 0 Å². The first-order valence-corrected chi connectivity index (χ1v) is 4.65. The van der Waals surface area contributed by atoms with E-state index >= 15 is 0 Å². The van der Waals surface area contributed by atoms with Crippen molar-refractivity contribution >= 4 is 16.3 Å². The highest BCUT2D eigenvalue weighted by atomic mass is 32.3. The Morgan fingerprint density at radius 2 is 1.86 bits per heavy atom. The Kier molecular flexibility index (Phi) is 4.85. The number of benzene rings is 1. The van der Waals surface area contributed by atoms with E-state index in [2.05, 4.69) is 0 Å². The van der Waals surface area contributed by atoms with Crippen molar-refractivity contribution in [3.05, 3.63) is 24.3 Å². The number of methoxy groups -OCH3 is 1. The third-order valence-electron chi connectivity index (χ3n) is 1.09. The summed E-state index contributed by atoms with van der Waals surface area (Å²) >= 11 is 0. The largest absolute Gasteiger partial charge is 0.497 e. The van der Waals surface area contributed by atoms with E-state index in [1.807, 2.05) is 18.2 Å². The molecule has 0 spiro atoms. The minimum absolute atomic E-state index is 0.731. The highest BCUT2D eigenvalue weighted by molar-refractivity contribution is 7.81. The van der Waals surface area contributed by atoms with Crippen molar-refractivity contribution in [2.24, 2.45) is 0 Å². The molecule has 0 saturated heterocycles. The summed E-state index contributed by atoms with van der Waals surface area (Å²) in [5, 5.41) is 0. The number of anilines is 1. The third-order valence-corrected chi connectivity index (χ3v) is 1.09. The molecule has 0 bridgehead atoms. The number of ether oxygens (including phenoxy) is 1. The Labute approximate surface area is 80.8 Å². The van der Waals surface area contributed by atoms with Crippen LogP contribution in [-0.2, 0) is 10.6 Å². The molecule has 0 radical (unpaired) electrons.